The summed E-state index contributed by atoms with van der Waals surface area (Å²) >= 11 is 0. The van der Waals surface area contributed by atoms with Crippen LogP contribution in [-0.2, 0) is 10.2 Å². The predicted molar refractivity (Wildman–Crippen MR) is 89.3 cm³/mol. The number of carbonyl (C=O) groups is 1. The molecule has 1 saturated heterocycles. The van der Waals surface area contributed by atoms with Crippen molar-refractivity contribution in [3.05, 3.63) is 60.2 Å². The van der Waals surface area contributed by atoms with Crippen LogP contribution in [0.5, 0.6) is 5.75 Å². The van der Waals surface area contributed by atoms with Crippen molar-refractivity contribution in [2.24, 2.45) is 0 Å². The number of ether oxygens (including phenoxy) is 1. The highest BCUT2D eigenvalue weighted by atomic mass is 19.1. The van der Waals surface area contributed by atoms with E-state index in [0.29, 0.717) is 13.1 Å². The Hall–Kier alpha value is -2.43. The molecule has 1 unspecified atom stereocenters. The molecular weight excluding hydrogens is 307 g/mol. The van der Waals surface area contributed by atoms with E-state index in [9.17, 15) is 9.18 Å². The minimum atomic E-state index is -0.698. The third-order valence-corrected chi connectivity index (χ3v) is 4.47. The van der Waals surface area contributed by atoms with Crippen molar-refractivity contribution < 1.29 is 13.9 Å². The average Bonchev–Trinajstić information content (AvgIpc) is 3.04. The van der Waals surface area contributed by atoms with Gasteiger partial charge in [0.2, 0.25) is 5.91 Å². The van der Waals surface area contributed by atoms with Crippen molar-refractivity contribution in [1.29, 1.82) is 0 Å². The van der Waals surface area contributed by atoms with Gasteiger partial charge in [-0.25, -0.2) is 4.39 Å². The lowest BCUT2D eigenvalue weighted by atomic mass is 9.83. The molecule has 0 radical (unpaired) electrons. The second-order valence-corrected chi connectivity index (χ2v) is 6.60. The third kappa shape index (κ3) is 3.40. The molecule has 24 heavy (non-hydrogen) atoms. The number of rotatable bonds is 4. The van der Waals surface area contributed by atoms with Crippen molar-refractivity contribution in [2.45, 2.75) is 31.8 Å². The Balaban J connectivity index is 1.66. The number of hydrogen-bond acceptors (Lipinski definition) is 3. The van der Waals surface area contributed by atoms with E-state index in [0.717, 1.165) is 17.7 Å². The van der Waals surface area contributed by atoms with E-state index < -0.39 is 5.41 Å². The minimum Gasteiger partial charge on any atom is -0.487 e. The van der Waals surface area contributed by atoms with E-state index in [1.807, 2.05) is 30.9 Å². The van der Waals surface area contributed by atoms with Crippen LogP contribution < -0.4 is 4.74 Å². The molecule has 1 aromatic heterocycles. The van der Waals surface area contributed by atoms with Gasteiger partial charge in [0, 0.05) is 19.2 Å². The molecule has 5 heteroatoms. The summed E-state index contributed by atoms with van der Waals surface area (Å²) in [6.07, 6.45) is 4.14. The first-order valence-electron chi connectivity index (χ1n) is 8.09. The van der Waals surface area contributed by atoms with Gasteiger partial charge < -0.3 is 9.64 Å². The van der Waals surface area contributed by atoms with Gasteiger partial charge >= 0.3 is 0 Å². The highest BCUT2D eigenvalue weighted by molar-refractivity contribution is 5.87. The molecule has 126 valence electrons. The van der Waals surface area contributed by atoms with Crippen molar-refractivity contribution in [3.8, 4) is 5.75 Å². The van der Waals surface area contributed by atoms with E-state index in [2.05, 4.69) is 4.98 Å². The summed E-state index contributed by atoms with van der Waals surface area (Å²) in [4.78, 5) is 18.8. The molecule has 2 heterocycles. The fraction of sp³-hybridized carbons (Fsp3) is 0.368. The van der Waals surface area contributed by atoms with Crippen LogP contribution in [0.2, 0.25) is 0 Å². The Kier molecular flexibility index (Phi) is 4.51. The van der Waals surface area contributed by atoms with E-state index in [1.165, 1.54) is 12.1 Å². The molecule has 0 spiro atoms. The number of likely N-dealkylation sites (tertiary alicyclic amines) is 1. The van der Waals surface area contributed by atoms with Crippen molar-refractivity contribution in [3.63, 3.8) is 0 Å². The zero-order valence-corrected chi connectivity index (χ0v) is 13.9. The fourth-order valence-electron chi connectivity index (χ4n) is 3.00. The van der Waals surface area contributed by atoms with E-state index in [-0.39, 0.29) is 17.8 Å². The molecule has 1 fully saturated rings. The first-order chi connectivity index (χ1) is 11.5. The monoisotopic (exact) mass is 328 g/mol. The summed E-state index contributed by atoms with van der Waals surface area (Å²) < 4.78 is 19.0. The Morgan fingerprint density at radius 1 is 1.29 bits per heavy atom. The molecular formula is C19H21FN2O2. The minimum absolute atomic E-state index is 0.0258. The number of amides is 1. The lowest BCUT2D eigenvalue weighted by molar-refractivity contribution is -0.135. The molecule has 1 aliphatic rings. The Morgan fingerprint density at radius 2 is 2.04 bits per heavy atom. The molecule has 1 amide bonds. The summed E-state index contributed by atoms with van der Waals surface area (Å²) in [5, 5.41) is 0. The molecule has 1 aliphatic heterocycles. The fourth-order valence-corrected chi connectivity index (χ4v) is 3.00. The summed E-state index contributed by atoms with van der Waals surface area (Å²) in [5.74, 6) is 0.453. The largest absolute Gasteiger partial charge is 0.487 e. The van der Waals surface area contributed by atoms with Crippen LogP contribution in [0.4, 0.5) is 4.39 Å². The van der Waals surface area contributed by atoms with Gasteiger partial charge in [0.1, 0.15) is 17.7 Å². The van der Waals surface area contributed by atoms with Gasteiger partial charge in [0.05, 0.1) is 18.2 Å². The van der Waals surface area contributed by atoms with Crippen LogP contribution >= 0.6 is 0 Å². The number of benzene rings is 1. The Labute approximate surface area is 141 Å². The van der Waals surface area contributed by atoms with Gasteiger partial charge in [-0.05, 0) is 43.7 Å². The van der Waals surface area contributed by atoms with Gasteiger partial charge in [-0.1, -0.05) is 12.1 Å². The van der Waals surface area contributed by atoms with Gasteiger partial charge in [-0.15, -0.1) is 0 Å². The maximum Gasteiger partial charge on any atom is 0.232 e. The van der Waals surface area contributed by atoms with Crippen molar-refractivity contribution in [1.82, 2.24) is 9.88 Å². The first-order valence-corrected chi connectivity index (χ1v) is 8.09. The Bertz CT molecular complexity index is 701. The molecule has 0 N–H and O–H groups in total. The zero-order chi connectivity index (χ0) is 17.2. The number of nitrogens with zero attached hydrogens (tertiary/aromatic N) is 2. The molecule has 1 aromatic carbocycles. The van der Waals surface area contributed by atoms with Crippen LogP contribution in [0.15, 0.2) is 48.8 Å². The SMILES string of the molecule is CC(C)(C(=O)N1CCC(Oc2cccnc2)C1)c1ccc(F)cc1. The standard InChI is InChI=1S/C19H21FN2O2/c1-19(2,14-5-7-15(20)8-6-14)18(23)22-11-9-17(13-22)24-16-4-3-10-21-12-16/h3-8,10,12,17H,9,11,13H2,1-2H3. The molecule has 0 bridgehead atoms. The van der Waals surface area contributed by atoms with Gasteiger partial charge in [-0.3, -0.25) is 9.78 Å². The van der Waals surface area contributed by atoms with E-state index in [4.69, 9.17) is 4.74 Å². The maximum atomic E-state index is 13.1. The zero-order valence-electron chi connectivity index (χ0n) is 13.9. The van der Waals surface area contributed by atoms with E-state index >= 15 is 0 Å². The number of aromatic nitrogens is 1. The molecule has 3 rings (SSSR count). The second-order valence-electron chi connectivity index (χ2n) is 6.60. The first kappa shape index (κ1) is 16.4. The van der Waals surface area contributed by atoms with Crippen LogP contribution in [0.25, 0.3) is 0 Å². The summed E-state index contributed by atoms with van der Waals surface area (Å²) in [6.45, 7) is 4.96. The smallest absolute Gasteiger partial charge is 0.232 e. The summed E-state index contributed by atoms with van der Waals surface area (Å²) in [5.41, 5.74) is 0.113. The van der Waals surface area contributed by atoms with Crippen LogP contribution in [0.1, 0.15) is 25.8 Å². The lowest BCUT2D eigenvalue weighted by Crippen LogP contribution is -2.43. The molecule has 2 aromatic rings. The maximum absolute atomic E-state index is 13.1. The van der Waals surface area contributed by atoms with Crippen molar-refractivity contribution in [2.75, 3.05) is 13.1 Å². The third-order valence-electron chi connectivity index (χ3n) is 4.47. The van der Waals surface area contributed by atoms with Crippen LogP contribution in [0.3, 0.4) is 0 Å². The number of hydrogen-bond donors (Lipinski definition) is 0. The number of pyridine rings is 1. The average molecular weight is 328 g/mol. The molecule has 0 aliphatic carbocycles. The van der Waals surface area contributed by atoms with Gasteiger partial charge in [0.25, 0.3) is 0 Å². The van der Waals surface area contributed by atoms with Gasteiger partial charge in [0.15, 0.2) is 0 Å². The predicted octanol–water partition coefficient (Wildman–Crippen LogP) is 3.18. The normalized spacial score (nSPS) is 17.8. The van der Waals surface area contributed by atoms with E-state index in [1.54, 1.807) is 24.5 Å². The molecule has 1 atom stereocenters. The van der Waals surface area contributed by atoms with Gasteiger partial charge in [-0.2, -0.15) is 0 Å². The molecule has 0 saturated carbocycles. The van der Waals surface area contributed by atoms with Crippen LogP contribution in [0, 0.1) is 5.82 Å². The van der Waals surface area contributed by atoms with Crippen molar-refractivity contribution >= 4 is 5.91 Å². The number of carbonyl (C=O) groups excluding carboxylic acids is 1. The number of halogens is 1. The topological polar surface area (TPSA) is 42.4 Å². The summed E-state index contributed by atoms with van der Waals surface area (Å²) in [6, 6.07) is 9.82. The second kappa shape index (κ2) is 6.59. The van der Waals surface area contributed by atoms with Crippen LogP contribution in [-0.4, -0.2) is 35.0 Å². The lowest BCUT2D eigenvalue weighted by Gasteiger charge is -2.29. The Morgan fingerprint density at radius 3 is 2.71 bits per heavy atom. The highest BCUT2D eigenvalue weighted by Gasteiger charge is 2.37. The summed E-state index contributed by atoms with van der Waals surface area (Å²) in [7, 11) is 0. The highest BCUT2D eigenvalue weighted by Crippen LogP contribution is 2.28. The quantitative estimate of drug-likeness (QED) is 0.866. The molecule has 4 nitrogen and oxygen atoms in total.